The molecular formula is C20H27N5O3. The fourth-order valence-electron chi connectivity index (χ4n) is 3.48. The maximum atomic E-state index is 12.6. The molecule has 8 heteroatoms. The van der Waals surface area contributed by atoms with E-state index in [2.05, 4.69) is 10.4 Å². The molecule has 0 saturated carbocycles. The first-order valence-electron chi connectivity index (χ1n) is 9.64. The Balaban J connectivity index is 1.71. The van der Waals surface area contributed by atoms with Crippen LogP contribution in [0, 0.1) is 6.92 Å². The van der Waals surface area contributed by atoms with E-state index in [-0.39, 0.29) is 30.0 Å². The molecule has 1 atom stereocenters. The van der Waals surface area contributed by atoms with Crippen molar-refractivity contribution in [2.45, 2.75) is 45.7 Å². The minimum Gasteiger partial charge on any atom is -0.345 e. The van der Waals surface area contributed by atoms with Gasteiger partial charge in [0.2, 0.25) is 5.91 Å². The van der Waals surface area contributed by atoms with Gasteiger partial charge in [-0.25, -0.2) is 0 Å². The summed E-state index contributed by atoms with van der Waals surface area (Å²) < 4.78 is 3.07. The molecule has 0 radical (unpaired) electrons. The molecule has 2 amide bonds. The second-order valence-corrected chi connectivity index (χ2v) is 7.33. The van der Waals surface area contributed by atoms with E-state index >= 15 is 0 Å². The molecule has 3 rings (SSSR count). The van der Waals surface area contributed by atoms with Crippen LogP contribution in [0.5, 0.6) is 0 Å². The molecule has 1 saturated heterocycles. The third-order valence-corrected chi connectivity index (χ3v) is 5.35. The highest BCUT2D eigenvalue weighted by Crippen LogP contribution is 2.16. The highest BCUT2D eigenvalue weighted by molar-refractivity contribution is 5.94. The van der Waals surface area contributed by atoms with Crippen LogP contribution in [0.4, 0.5) is 0 Å². The largest absolute Gasteiger partial charge is 0.345 e. The van der Waals surface area contributed by atoms with Crippen LogP contribution < -0.4 is 10.9 Å². The summed E-state index contributed by atoms with van der Waals surface area (Å²) in [6.07, 6.45) is 6.32. The van der Waals surface area contributed by atoms with Crippen molar-refractivity contribution in [1.82, 2.24) is 24.6 Å². The first-order valence-corrected chi connectivity index (χ1v) is 9.64. The number of aromatic nitrogens is 3. The molecule has 8 nitrogen and oxygen atoms in total. The number of aryl methyl sites for hydroxylation is 1. The number of piperidine rings is 1. The van der Waals surface area contributed by atoms with E-state index in [1.54, 1.807) is 15.8 Å². The van der Waals surface area contributed by atoms with Crippen LogP contribution in [0.3, 0.4) is 0 Å². The number of likely N-dealkylation sites (tertiary alicyclic amines) is 1. The van der Waals surface area contributed by atoms with Crippen molar-refractivity contribution < 1.29 is 9.59 Å². The number of hydrogen-bond donors (Lipinski definition) is 1. The van der Waals surface area contributed by atoms with E-state index in [1.165, 1.54) is 22.9 Å². The van der Waals surface area contributed by atoms with Gasteiger partial charge in [-0.3, -0.25) is 19.1 Å². The Kier molecular flexibility index (Phi) is 5.96. The average molecular weight is 385 g/mol. The molecular weight excluding hydrogens is 358 g/mol. The highest BCUT2D eigenvalue weighted by Gasteiger charge is 2.19. The molecule has 3 heterocycles. The number of rotatable bonds is 5. The summed E-state index contributed by atoms with van der Waals surface area (Å²) in [6, 6.07) is 2.59. The van der Waals surface area contributed by atoms with Crippen molar-refractivity contribution in [1.29, 1.82) is 0 Å². The van der Waals surface area contributed by atoms with E-state index in [9.17, 15) is 14.4 Å². The SMILES string of the molecule is Cc1c([C@H](C)NC(=O)c2ccc(=O)n(CC(=O)N3CCCCC3)c2)cnn1C. The predicted molar refractivity (Wildman–Crippen MR) is 105 cm³/mol. The Morgan fingerprint density at radius 1 is 1.21 bits per heavy atom. The van der Waals surface area contributed by atoms with Gasteiger partial charge >= 0.3 is 0 Å². The number of nitrogens with one attached hydrogen (secondary N) is 1. The van der Waals surface area contributed by atoms with Gasteiger partial charge in [0, 0.05) is 43.7 Å². The van der Waals surface area contributed by atoms with Crippen LogP contribution >= 0.6 is 0 Å². The molecule has 0 bridgehead atoms. The summed E-state index contributed by atoms with van der Waals surface area (Å²) in [4.78, 5) is 39.0. The zero-order chi connectivity index (χ0) is 20.3. The third-order valence-electron chi connectivity index (χ3n) is 5.35. The topological polar surface area (TPSA) is 89.2 Å². The number of nitrogens with zero attached hydrogens (tertiary/aromatic N) is 4. The molecule has 0 unspecified atom stereocenters. The lowest BCUT2D eigenvalue weighted by Crippen LogP contribution is -2.39. The minimum atomic E-state index is -0.296. The van der Waals surface area contributed by atoms with Gasteiger partial charge in [0.25, 0.3) is 11.5 Å². The number of amides is 2. The Morgan fingerprint density at radius 3 is 2.57 bits per heavy atom. The Labute approximate surface area is 164 Å². The number of hydrogen-bond acceptors (Lipinski definition) is 4. The normalized spacial score (nSPS) is 15.3. The summed E-state index contributed by atoms with van der Waals surface area (Å²) in [5, 5.41) is 7.12. The van der Waals surface area contributed by atoms with Crippen molar-refractivity contribution in [3.8, 4) is 0 Å². The standard InChI is InChI=1S/C20H27N5O3/c1-14(17-11-21-23(3)15(17)2)22-20(28)16-7-8-18(26)25(12-16)13-19(27)24-9-5-4-6-10-24/h7-8,11-12,14H,4-6,9-10,13H2,1-3H3,(H,22,28)/t14-/m0/s1. The molecule has 2 aromatic rings. The van der Waals surface area contributed by atoms with Crippen LogP contribution in [0.25, 0.3) is 0 Å². The molecule has 1 N–H and O–H groups in total. The zero-order valence-electron chi connectivity index (χ0n) is 16.6. The zero-order valence-corrected chi connectivity index (χ0v) is 16.6. The first-order chi connectivity index (χ1) is 13.4. The summed E-state index contributed by atoms with van der Waals surface area (Å²) in [5.74, 6) is -0.381. The maximum Gasteiger partial charge on any atom is 0.253 e. The van der Waals surface area contributed by atoms with E-state index in [4.69, 9.17) is 0 Å². The third kappa shape index (κ3) is 4.32. The molecule has 1 fully saturated rings. The van der Waals surface area contributed by atoms with E-state index < -0.39 is 0 Å². The summed E-state index contributed by atoms with van der Waals surface area (Å²) in [7, 11) is 1.85. The lowest BCUT2D eigenvalue weighted by Gasteiger charge is -2.27. The molecule has 1 aliphatic rings. The van der Waals surface area contributed by atoms with Crippen molar-refractivity contribution in [2.24, 2.45) is 7.05 Å². The number of pyridine rings is 1. The number of carbonyl (C=O) groups excluding carboxylic acids is 2. The second-order valence-electron chi connectivity index (χ2n) is 7.33. The van der Waals surface area contributed by atoms with E-state index in [0.29, 0.717) is 5.56 Å². The predicted octanol–water partition coefficient (Wildman–Crippen LogP) is 1.39. The monoisotopic (exact) mass is 385 g/mol. The van der Waals surface area contributed by atoms with Gasteiger partial charge in [-0.15, -0.1) is 0 Å². The van der Waals surface area contributed by atoms with E-state index in [1.807, 2.05) is 20.9 Å². The van der Waals surface area contributed by atoms with Crippen molar-refractivity contribution in [2.75, 3.05) is 13.1 Å². The fraction of sp³-hybridized carbons (Fsp3) is 0.500. The van der Waals surface area contributed by atoms with Crippen LogP contribution in [0.1, 0.15) is 53.8 Å². The Bertz CT molecular complexity index is 924. The average Bonchev–Trinajstić information content (AvgIpc) is 3.03. The second kappa shape index (κ2) is 8.41. The van der Waals surface area contributed by atoms with Crippen LogP contribution in [0.15, 0.2) is 29.3 Å². The van der Waals surface area contributed by atoms with Crippen LogP contribution in [-0.2, 0) is 18.4 Å². The molecule has 0 aromatic carbocycles. The van der Waals surface area contributed by atoms with Crippen molar-refractivity contribution in [3.05, 3.63) is 51.7 Å². The van der Waals surface area contributed by atoms with E-state index in [0.717, 1.165) is 43.6 Å². The number of carbonyl (C=O) groups is 2. The molecule has 1 aliphatic heterocycles. The van der Waals surface area contributed by atoms with Crippen LogP contribution in [-0.4, -0.2) is 44.2 Å². The van der Waals surface area contributed by atoms with Crippen molar-refractivity contribution >= 4 is 11.8 Å². The highest BCUT2D eigenvalue weighted by atomic mass is 16.2. The Morgan fingerprint density at radius 2 is 1.93 bits per heavy atom. The first kappa shape index (κ1) is 19.9. The fourth-order valence-corrected chi connectivity index (χ4v) is 3.48. The Hall–Kier alpha value is -2.90. The smallest absolute Gasteiger partial charge is 0.253 e. The molecule has 2 aromatic heterocycles. The molecule has 0 spiro atoms. The van der Waals surface area contributed by atoms with Gasteiger partial charge < -0.3 is 14.8 Å². The van der Waals surface area contributed by atoms with Gasteiger partial charge in [-0.05, 0) is 39.2 Å². The van der Waals surface area contributed by atoms with Crippen molar-refractivity contribution in [3.63, 3.8) is 0 Å². The summed E-state index contributed by atoms with van der Waals surface area (Å²) in [5.41, 5.74) is 1.96. The molecule has 28 heavy (non-hydrogen) atoms. The maximum absolute atomic E-state index is 12.6. The minimum absolute atomic E-state index is 0.0444. The lowest BCUT2D eigenvalue weighted by molar-refractivity contribution is -0.132. The molecule has 0 aliphatic carbocycles. The van der Waals surface area contributed by atoms with Gasteiger partial charge in [-0.1, -0.05) is 0 Å². The van der Waals surface area contributed by atoms with Gasteiger partial charge in [0.15, 0.2) is 0 Å². The van der Waals surface area contributed by atoms with Gasteiger partial charge in [0.05, 0.1) is 17.8 Å². The van der Waals surface area contributed by atoms with Crippen LogP contribution in [0.2, 0.25) is 0 Å². The molecule has 150 valence electrons. The lowest BCUT2D eigenvalue weighted by atomic mass is 10.1. The van der Waals surface area contributed by atoms with Gasteiger partial charge in [0.1, 0.15) is 6.54 Å². The quantitative estimate of drug-likeness (QED) is 0.842. The van der Waals surface area contributed by atoms with Gasteiger partial charge in [-0.2, -0.15) is 5.10 Å². The summed E-state index contributed by atoms with van der Waals surface area (Å²) in [6.45, 7) is 5.25. The summed E-state index contributed by atoms with van der Waals surface area (Å²) >= 11 is 0.